The molecule has 0 aliphatic heterocycles. The van der Waals surface area contributed by atoms with E-state index in [4.69, 9.17) is 0 Å². The molecule has 0 spiro atoms. The molecule has 0 fully saturated rings. The summed E-state index contributed by atoms with van der Waals surface area (Å²) >= 11 is 0. The summed E-state index contributed by atoms with van der Waals surface area (Å²) in [5, 5.41) is 0. The summed E-state index contributed by atoms with van der Waals surface area (Å²) in [5.74, 6) is 0. The van der Waals surface area contributed by atoms with Gasteiger partial charge in [-0.1, -0.05) is 83.4 Å². The van der Waals surface area contributed by atoms with E-state index in [-0.39, 0.29) is 0 Å². The highest BCUT2D eigenvalue weighted by Gasteiger charge is 2.08. The number of aryl methyl sites for hydroxylation is 17. The van der Waals surface area contributed by atoms with Crippen molar-refractivity contribution >= 4 is 0 Å². The van der Waals surface area contributed by atoms with Crippen molar-refractivity contribution in [1.29, 1.82) is 0 Å². The molecule has 0 atom stereocenters. The van der Waals surface area contributed by atoms with Gasteiger partial charge in [0.25, 0.3) is 0 Å². The van der Waals surface area contributed by atoms with Crippen LogP contribution in [-0.2, 0) is 0 Å². The van der Waals surface area contributed by atoms with E-state index in [1.165, 1.54) is 172 Å². The van der Waals surface area contributed by atoms with Gasteiger partial charge in [-0.2, -0.15) is 0 Å². The van der Waals surface area contributed by atoms with Gasteiger partial charge in [-0.05, 0) is 370 Å². The van der Waals surface area contributed by atoms with Crippen molar-refractivity contribution in [2.45, 2.75) is 215 Å². The molecule has 0 aliphatic carbocycles. The quantitative estimate of drug-likeness (QED) is 0.142. The summed E-state index contributed by atoms with van der Waals surface area (Å²) in [6.45, 7) is 67.4. The van der Waals surface area contributed by atoms with E-state index in [9.17, 15) is 0 Å². The fourth-order valence-corrected chi connectivity index (χ4v) is 9.05. The SMILES string of the molecule is Cc1c(C)c(C)c(C)c(C)c1C.Cc1cc(C)c(C)c(C)c1.Cc1cc(C)c(C)c(C)c1.Cc1cc(C)c(C)c(C)c1.Cc1cc(C)c(C)c(C)c1C.Cc1cc(C)c(C)cc1C.Cc1ccc(C)c(C)c1C. The molecule has 0 bridgehead atoms. The summed E-state index contributed by atoms with van der Waals surface area (Å²) in [5.41, 5.74) is 43.8. The minimum absolute atomic E-state index is 1.36. The summed E-state index contributed by atoms with van der Waals surface area (Å²) in [7, 11) is 0. The van der Waals surface area contributed by atoms with E-state index >= 15 is 0 Å². The molecule has 7 aromatic rings. The Labute approximate surface area is 451 Å². The maximum atomic E-state index is 2.26. The maximum Gasteiger partial charge on any atom is -0.0392 e. The summed E-state index contributed by atoms with van der Waals surface area (Å²) in [4.78, 5) is 0. The van der Waals surface area contributed by atoms with Crippen molar-refractivity contribution in [1.82, 2.24) is 0 Å². The minimum atomic E-state index is 1.36. The van der Waals surface area contributed by atoms with Crippen molar-refractivity contribution < 1.29 is 0 Å². The molecular formula is C73H104. The number of benzene rings is 7. The third-order valence-corrected chi connectivity index (χ3v) is 16.8. The zero-order valence-electron chi connectivity index (χ0n) is 52.9. The number of rotatable bonds is 0. The average Bonchev–Trinajstić information content (AvgIpc) is 3.32. The van der Waals surface area contributed by atoms with Crippen LogP contribution in [0, 0.1) is 215 Å². The van der Waals surface area contributed by atoms with Gasteiger partial charge in [0.05, 0.1) is 0 Å². The normalized spacial score (nSPS) is 10.1. The van der Waals surface area contributed by atoms with Crippen LogP contribution in [0.15, 0.2) is 66.7 Å². The lowest BCUT2D eigenvalue weighted by Gasteiger charge is -2.15. The second kappa shape index (κ2) is 29.4. The van der Waals surface area contributed by atoms with Crippen LogP contribution in [0.4, 0.5) is 0 Å². The molecule has 7 rings (SSSR count). The summed E-state index contributed by atoms with van der Waals surface area (Å²) in [6, 6.07) is 24.4. The Kier molecular flexibility index (Phi) is 26.4. The van der Waals surface area contributed by atoms with Crippen molar-refractivity contribution in [2.75, 3.05) is 0 Å². The first-order valence-electron chi connectivity index (χ1n) is 26.9. The molecule has 0 amide bonds. The highest BCUT2D eigenvalue weighted by Crippen LogP contribution is 2.25. The van der Waals surface area contributed by atoms with Crippen LogP contribution >= 0.6 is 0 Å². The van der Waals surface area contributed by atoms with Crippen LogP contribution < -0.4 is 0 Å². The molecule has 73 heavy (non-hydrogen) atoms. The van der Waals surface area contributed by atoms with Crippen LogP contribution in [0.1, 0.15) is 172 Å². The van der Waals surface area contributed by atoms with Gasteiger partial charge in [-0.25, -0.2) is 0 Å². The first-order chi connectivity index (χ1) is 33.6. The molecule has 0 unspecified atom stereocenters. The molecule has 0 radical (unpaired) electrons. The zero-order chi connectivity index (χ0) is 56.7. The molecule has 0 N–H and O–H groups in total. The van der Waals surface area contributed by atoms with Gasteiger partial charge in [0.1, 0.15) is 0 Å². The van der Waals surface area contributed by atoms with Crippen LogP contribution in [-0.4, -0.2) is 0 Å². The van der Waals surface area contributed by atoms with Gasteiger partial charge in [-0.3, -0.25) is 0 Å². The molecule has 0 saturated carbocycles. The molecule has 0 heteroatoms. The largest absolute Gasteiger partial charge is 0.0588 e. The topological polar surface area (TPSA) is 0 Å². The molecule has 0 aromatic heterocycles. The summed E-state index contributed by atoms with van der Waals surface area (Å²) in [6.07, 6.45) is 0. The summed E-state index contributed by atoms with van der Waals surface area (Å²) < 4.78 is 0. The Morgan fingerprint density at radius 1 is 0.123 bits per heavy atom. The van der Waals surface area contributed by atoms with Crippen molar-refractivity contribution in [3.8, 4) is 0 Å². The first-order valence-corrected chi connectivity index (χ1v) is 26.9. The van der Waals surface area contributed by atoms with Gasteiger partial charge in [0.2, 0.25) is 0 Å². The lowest BCUT2D eigenvalue weighted by Crippen LogP contribution is -1.98. The van der Waals surface area contributed by atoms with Crippen molar-refractivity contribution in [3.63, 3.8) is 0 Å². The van der Waals surface area contributed by atoms with E-state index in [1.54, 1.807) is 0 Å². The second-order valence-corrected chi connectivity index (χ2v) is 22.2. The van der Waals surface area contributed by atoms with E-state index in [1.807, 2.05) is 0 Å². The number of hydrogen-bond donors (Lipinski definition) is 0. The number of hydrogen-bond acceptors (Lipinski definition) is 0. The fourth-order valence-electron chi connectivity index (χ4n) is 9.05. The Morgan fingerprint density at radius 3 is 0.452 bits per heavy atom. The Bertz CT molecular complexity index is 2560. The predicted molar refractivity (Wildman–Crippen MR) is 332 cm³/mol. The molecule has 396 valence electrons. The van der Waals surface area contributed by atoms with Gasteiger partial charge in [-0.15, -0.1) is 0 Å². The minimum Gasteiger partial charge on any atom is -0.0588 e. The molecule has 0 nitrogen and oxygen atoms in total. The monoisotopic (exact) mass is 981 g/mol. The van der Waals surface area contributed by atoms with Gasteiger partial charge >= 0.3 is 0 Å². The molecule has 0 heterocycles. The van der Waals surface area contributed by atoms with Crippen LogP contribution in [0.25, 0.3) is 0 Å². The maximum absolute atomic E-state index is 2.26. The van der Waals surface area contributed by atoms with Crippen LogP contribution in [0.2, 0.25) is 0 Å². The molecule has 0 aliphatic rings. The lowest BCUT2D eigenvalue weighted by atomic mass is 9.90. The van der Waals surface area contributed by atoms with E-state index in [0.29, 0.717) is 0 Å². The van der Waals surface area contributed by atoms with Crippen LogP contribution in [0.5, 0.6) is 0 Å². The highest BCUT2D eigenvalue weighted by molar-refractivity contribution is 5.49. The smallest absolute Gasteiger partial charge is 0.0392 e. The second-order valence-electron chi connectivity index (χ2n) is 22.2. The van der Waals surface area contributed by atoms with Gasteiger partial charge in [0.15, 0.2) is 0 Å². The fraction of sp³-hybridized carbons (Fsp3) is 0.425. The molecule has 7 aromatic carbocycles. The zero-order valence-corrected chi connectivity index (χ0v) is 52.9. The van der Waals surface area contributed by atoms with Crippen LogP contribution in [0.3, 0.4) is 0 Å². The van der Waals surface area contributed by atoms with Gasteiger partial charge in [0, 0.05) is 0 Å². The Balaban J connectivity index is 0.000000426. The Morgan fingerprint density at radius 2 is 0.260 bits per heavy atom. The first kappa shape index (κ1) is 65.6. The average molecular weight is 982 g/mol. The van der Waals surface area contributed by atoms with Crippen molar-refractivity contribution in [2.24, 2.45) is 0 Å². The van der Waals surface area contributed by atoms with E-state index in [0.717, 1.165) is 0 Å². The molecular weight excluding hydrogens is 877 g/mol. The molecule has 0 saturated heterocycles. The predicted octanol–water partition coefficient (Wildman–Crippen LogP) is 21.4. The van der Waals surface area contributed by atoms with Crippen molar-refractivity contribution in [3.05, 3.63) is 239 Å². The third-order valence-electron chi connectivity index (χ3n) is 16.8. The third kappa shape index (κ3) is 19.4. The standard InChI is InChI=1S/C12H18.C11H16.5C10H14/c1-7-8(2)10(4)12(6)11(5)9(7)3;1-7-6-8(2)10(4)11(5)9(7)3;1-7-5-9(3)10(4)6-8(7)2;3*1-7-5-8(2)10(4)9(3)6-7;1-7-5-6-8(2)10(4)9(7)3/h1-6H3;6H,1-5H3;5*5-6H,1-4H3. The Hall–Kier alpha value is -5.46. The highest BCUT2D eigenvalue weighted by atomic mass is 14.1. The van der Waals surface area contributed by atoms with E-state index in [2.05, 4.69) is 281 Å². The lowest BCUT2D eigenvalue weighted by molar-refractivity contribution is 1.13. The van der Waals surface area contributed by atoms with Gasteiger partial charge < -0.3 is 0 Å². The van der Waals surface area contributed by atoms with E-state index < -0.39 is 0 Å².